The predicted octanol–water partition coefficient (Wildman–Crippen LogP) is 3.77. The van der Waals surface area contributed by atoms with Gasteiger partial charge in [-0.1, -0.05) is 17.7 Å². The molecule has 0 fully saturated rings. The smallest absolute Gasteiger partial charge is 0.272 e. The minimum absolute atomic E-state index is 0.0412. The van der Waals surface area contributed by atoms with Crippen LogP contribution in [0.3, 0.4) is 0 Å². The summed E-state index contributed by atoms with van der Waals surface area (Å²) in [5.74, 6) is -0.222. The zero-order chi connectivity index (χ0) is 15.6. The average Bonchev–Trinajstić information content (AvgIpc) is 2.37. The number of nitrogens with one attached hydrogen (secondary N) is 1. The molecule has 0 radical (unpaired) electrons. The number of hydrogen-bond acceptors (Lipinski definition) is 3. The lowest BCUT2D eigenvalue weighted by Crippen LogP contribution is -2.13. The molecule has 0 heterocycles. The van der Waals surface area contributed by atoms with E-state index in [1.54, 1.807) is 19.1 Å². The highest BCUT2D eigenvalue weighted by Crippen LogP contribution is 2.22. The van der Waals surface area contributed by atoms with Crippen LogP contribution in [-0.2, 0) is 0 Å². The Morgan fingerprint density at radius 1 is 1.05 bits per heavy atom. The van der Waals surface area contributed by atoms with Crippen molar-refractivity contribution in [1.82, 2.24) is 0 Å². The van der Waals surface area contributed by atoms with Crippen molar-refractivity contribution < 1.29 is 9.72 Å². The van der Waals surface area contributed by atoms with Gasteiger partial charge in [0, 0.05) is 22.9 Å². The first-order chi connectivity index (χ1) is 9.88. The van der Waals surface area contributed by atoms with Gasteiger partial charge in [-0.3, -0.25) is 14.9 Å². The predicted molar refractivity (Wildman–Crippen MR) is 81.7 cm³/mol. The number of carbonyl (C=O) groups excluding carboxylic acids is 1. The van der Waals surface area contributed by atoms with Crippen LogP contribution in [0.25, 0.3) is 0 Å². The van der Waals surface area contributed by atoms with Crippen LogP contribution in [0.15, 0.2) is 36.4 Å². The molecule has 5 heteroatoms. The van der Waals surface area contributed by atoms with Crippen LogP contribution in [0.1, 0.15) is 27.0 Å². The summed E-state index contributed by atoms with van der Waals surface area (Å²) >= 11 is 0. The summed E-state index contributed by atoms with van der Waals surface area (Å²) in [5, 5.41) is 13.5. The molecule has 1 N–H and O–H groups in total. The van der Waals surface area contributed by atoms with Crippen LogP contribution < -0.4 is 5.32 Å². The molecule has 0 saturated heterocycles. The van der Waals surface area contributed by atoms with Crippen molar-refractivity contribution in [3.05, 3.63) is 68.8 Å². The molecular formula is C16H16N2O3. The summed E-state index contributed by atoms with van der Waals surface area (Å²) < 4.78 is 0. The van der Waals surface area contributed by atoms with Gasteiger partial charge in [0.2, 0.25) is 0 Å². The summed E-state index contributed by atoms with van der Waals surface area (Å²) in [7, 11) is 0. The summed E-state index contributed by atoms with van der Waals surface area (Å²) in [5.41, 5.74) is 3.68. The van der Waals surface area contributed by atoms with E-state index in [9.17, 15) is 14.9 Å². The number of nitrogens with zero attached hydrogens (tertiary/aromatic N) is 1. The van der Waals surface area contributed by atoms with E-state index in [0.29, 0.717) is 16.8 Å². The van der Waals surface area contributed by atoms with E-state index in [-0.39, 0.29) is 11.6 Å². The van der Waals surface area contributed by atoms with Gasteiger partial charge in [0.1, 0.15) is 0 Å². The van der Waals surface area contributed by atoms with E-state index in [2.05, 4.69) is 5.32 Å². The fraction of sp³-hybridized carbons (Fsp3) is 0.188. The number of nitro groups is 1. The highest BCUT2D eigenvalue weighted by Gasteiger charge is 2.13. The standard InChI is InChI=1S/C16H16N2O3/c1-10-4-6-14(11(2)8-10)16(19)17-13-5-7-15(18(20)21)12(3)9-13/h4-9H,1-3H3,(H,17,19). The molecule has 0 atom stereocenters. The van der Waals surface area contributed by atoms with E-state index in [1.165, 1.54) is 12.1 Å². The highest BCUT2D eigenvalue weighted by molar-refractivity contribution is 6.05. The van der Waals surface area contributed by atoms with Gasteiger partial charge in [0.05, 0.1) is 4.92 Å². The van der Waals surface area contributed by atoms with Crippen molar-refractivity contribution in [2.75, 3.05) is 5.32 Å². The van der Waals surface area contributed by atoms with E-state index >= 15 is 0 Å². The molecule has 2 rings (SSSR count). The lowest BCUT2D eigenvalue weighted by atomic mass is 10.0. The summed E-state index contributed by atoms with van der Waals surface area (Å²) in [6.45, 7) is 5.49. The Kier molecular flexibility index (Phi) is 4.03. The van der Waals surface area contributed by atoms with Gasteiger partial charge in [0.25, 0.3) is 11.6 Å². The molecule has 0 aliphatic heterocycles. The summed E-state index contributed by atoms with van der Waals surface area (Å²) in [6.07, 6.45) is 0. The average molecular weight is 284 g/mol. The van der Waals surface area contributed by atoms with Gasteiger partial charge in [-0.25, -0.2) is 0 Å². The number of hydrogen-bond donors (Lipinski definition) is 1. The van der Waals surface area contributed by atoms with Crippen molar-refractivity contribution in [2.24, 2.45) is 0 Å². The van der Waals surface area contributed by atoms with Gasteiger partial charge in [0.15, 0.2) is 0 Å². The Hall–Kier alpha value is -2.69. The number of amides is 1. The quantitative estimate of drug-likeness (QED) is 0.688. The second-order valence-electron chi connectivity index (χ2n) is 5.03. The maximum atomic E-state index is 12.2. The second kappa shape index (κ2) is 5.75. The summed E-state index contributed by atoms with van der Waals surface area (Å²) in [6, 6.07) is 10.1. The van der Waals surface area contributed by atoms with Gasteiger partial charge < -0.3 is 5.32 Å². The second-order valence-corrected chi connectivity index (χ2v) is 5.03. The molecule has 2 aromatic carbocycles. The Morgan fingerprint density at radius 2 is 1.76 bits per heavy atom. The zero-order valence-electron chi connectivity index (χ0n) is 12.1. The molecular weight excluding hydrogens is 268 g/mol. The fourth-order valence-electron chi connectivity index (χ4n) is 2.20. The van der Waals surface area contributed by atoms with Crippen molar-refractivity contribution >= 4 is 17.3 Å². The maximum absolute atomic E-state index is 12.2. The molecule has 0 spiro atoms. The largest absolute Gasteiger partial charge is 0.322 e. The van der Waals surface area contributed by atoms with Gasteiger partial charge >= 0.3 is 0 Å². The third kappa shape index (κ3) is 3.25. The van der Waals surface area contributed by atoms with Crippen LogP contribution in [0.2, 0.25) is 0 Å². The number of benzene rings is 2. The van der Waals surface area contributed by atoms with Gasteiger partial charge in [-0.05, 0) is 44.5 Å². The number of aryl methyl sites for hydroxylation is 3. The van der Waals surface area contributed by atoms with Crippen LogP contribution in [-0.4, -0.2) is 10.8 Å². The third-order valence-corrected chi connectivity index (χ3v) is 3.28. The van der Waals surface area contributed by atoms with Crippen LogP contribution in [0.4, 0.5) is 11.4 Å². The van der Waals surface area contributed by atoms with E-state index in [4.69, 9.17) is 0 Å². The molecule has 0 unspecified atom stereocenters. The van der Waals surface area contributed by atoms with Gasteiger partial charge in [-0.2, -0.15) is 0 Å². The number of carbonyl (C=O) groups is 1. The first-order valence-electron chi connectivity index (χ1n) is 6.52. The molecule has 2 aromatic rings. The minimum atomic E-state index is -0.439. The van der Waals surface area contributed by atoms with Crippen molar-refractivity contribution in [2.45, 2.75) is 20.8 Å². The normalized spacial score (nSPS) is 10.2. The molecule has 5 nitrogen and oxygen atoms in total. The Labute approximate surface area is 122 Å². The molecule has 21 heavy (non-hydrogen) atoms. The van der Waals surface area contributed by atoms with Crippen molar-refractivity contribution in [1.29, 1.82) is 0 Å². The lowest BCUT2D eigenvalue weighted by Gasteiger charge is -2.09. The maximum Gasteiger partial charge on any atom is 0.272 e. The topological polar surface area (TPSA) is 72.2 Å². The Morgan fingerprint density at radius 3 is 2.33 bits per heavy atom. The monoisotopic (exact) mass is 284 g/mol. The SMILES string of the molecule is Cc1ccc(C(=O)Nc2ccc([N+](=O)[O-])c(C)c2)c(C)c1. The fourth-order valence-corrected chi connectivity index (χ4v) is 2.20. The Bertz CT molecular complexity index is 723. The van der Waals surface area contributed by atoms with Crippen molar-refractivity contribution in [3.63, 3.8) is 0 Å². The number of nitro benzene ring substituents is 1. The first kappa shape index (κ1) is 14.7. The van der Waals surface area contributed by atoms with Crippen LogP contribution in [0.5, 0.6) is 0 Å². The molecule has 0 aliphatic carbocycles. The molecule has 0 saturated carbocycles. The third-order valence-electron chi connectivity index (χ3n) is 3.28. The molecule has 1 amide bonds. The first-order valence-corrected chi connectivity index (χ1v) is 6.52. The van der Waals surface area contributed by atoms with Gasteiger partial charge in [-0.15, -0.1) is 0 Å². The molecule has 0 aliphatic rings. The Balaban J connectivity index is 2.23. The van der Waals surface area contributed by atoms with Crippen LogP contribution >= 0.6 is 0 Å². The lowest BCUT2D eigenvalue weighted by molar-refractivity contribution is -0.385. The number of anilines is 1. The summed E-state index contributed by atoms with van der Waals surface area (Å²) in [4.78, 5) is 22.6. The van der Waals surface area contributed by atoms with E-state index in [0.717, 1.165) is 11.1 Å². The van der Waals surface area contributed by atoms with E-state index < -0.39 is 4.92 Å². The number of rotatable bonds is 3. The van der Waals surface area contributed by atoms with E-state index in [1.807, 2.05) is 26.0 Å². The highest BCUT2D eigenvalue weighted by atomic mass is 16.6. The molecule has 0 aromatic heterocycles. The molecule has 108 valence electrons. The zero-order valence-corrected chi connectivity index (χ0v) is 12.1. The van der Waals surface area contributed by atoms with Crippen LogP contribution in [0, 0.1) is 30.9 Å². The van der Waals surface area contributed by atoms with Crippen molar-refractivity contribution in [3.8, 4) is 0 Å². The molecule has 0 bridgehead atoms. The minimum Gasteiger partial charge on any atom is -0.322 e.